The summed E-state index contributed by atoms with van der Waals surface area (Å²) < 4.78 is 5.74. The van der Waals surface area contributed by atoms with Crippen LogP contribution >= 0.6 is 0 Å². The monoisotopic (exact) mass is 436 g/mol. The minimum absolute atomic E-state index is 0.0215. The van der Waals surface area contributed by atoms with E-state index in [1.165, 1.54) is 30.5 Å². The second-order valence-electron chi connectivity index (χ2n) is 6.38. The van der Waals surface area contributed by atoms with E-state index in [0.29, 0.717) is 11.3 Å². The molecule has 32 heavy (non-hydrogen) atoms. The van der Waals surface area contributed by atoms with Crippen LogP contribution in [0.5, 0.6) is 11.5 Å². The largest absolute Gasteiger partial charge is 0.502 e. The van der Waals surface area contributed by atoms with Crippen molar-refractivity contribution in [3.05, 3.63) is 104 Å². The summed E-state index contributed by atoms with van der Waals surface area (Å²) in [5, 5.41) is 35.3. The first-order valence-corrected chi connectivity index (χ1v) is 9.11. The number of nitrogens with zero attached hydrogens (tertiary/aromatic N) is 3. The quantitative estimate of drug-likeness (QED) is 0.310. The molecule has 0 saturated carbocycles. The highest BCUT2D eigenvalue weighted by atomic mass is 16.6. The Morgan fingerprint density at radius 3 is 2.41 bits per heavy atom. The number of nitro groups is 2. The highest BCUT2D eigenvalue weighted by Crippen LogP contribution is 2.29. The standard InChI is InChI=1S/C21H16N4O7/c26-20-17(5-3-6-18(20)25(30)31)21(27)23-22-12-15-4-1-2-7-19(15)32-13-14-8-10-16(11-9-14)24(28)29/h1-12,26H,13H2,(H,23,27). The number of nitrogens with one attached hydrogen (secondary N) is 1. The molecule has 0 unspecified atom stereocenters. The SMILES string of the molecule is O=C(NN=Cc1ccccc1OCc1ccc([N+](=O)[O-])cc1)c1cccc([N+](=O)[O-])c1O. The van der Waals surface area contributed by atoms with Crippen molar-refractivity contribution in [1.29, 1.82) is 0 Å². The molecule has 0 spiro atoms. The van der Waals surface area contributed by atoms with E-state index in [1.807, 2.05) is 0 Å². The van der Waals surface area contributed by atoms with E-state index in [9.17, 15) is 30.1 Å². The van der Waals surface area contributed by atoms with Gasteiger partial charge in [-0.25, -0.2) is 5.43 Å². The van der Waals surface area contributed by atoms with Gasteiger partial charge in [0.1, 0.15) is 12.4 Å². The van der Waals surface area contributed by atoms with E-state index < -0.39 is 27.2 Å². The summed E-state index contributed by atoms with van der Waals surface area (Å²) >= 11 is 0. The number of phenols is 1. The second kappa shape index (κ2) is 9.80. The number of nitro benzene ring substituents is 2. The van der Waals surface area contributed by atoms with Crippen LogP contribution in [0.1, 0.15) is 21.5 Å². The summed E-state index contributed by atoms with van der Waals surface area (Å²) in [7, 11) is 0. The Kier molecular flexibility index (Phi) is 6.71. The fourth-order valence-electron chi connectivity index (χ4n) is 2.68. The van der Waals surface area contributed by atoms with Gasteiger partial charge in [-0.3, -0.25) is 25.0 Å². The van der Waals surface area contributed by atoms with Gasteiger partial charge in [0, 0.05) is 23.8 Å². The number of rotatable bonds is 8. The van der Waals surface area contributed by atoms with Crippen LogP contribution in [-0.2, 0) is 6.61 Å². The third-order valence-electron chi connectivity index (χ3n) is 4.29. The third kappa shape index (κ3) is 5.21. The minimum atomic E-state index is -0.827. The predicted octanol–water partition coefficient (Wildman–Crippen LogP) is 3.55. The highest BCUT2D eigenvalue weighted by Gasteiger charge is 2.20. The van der Waals surface area contributed by atoms with Gasteiger partial charge in [-0.2, -0.15) is 5.10 Å². The maximum Gasteiger partial charge on any atom is 0.311 e. The first kappa shape index (κ1) is 21.9. The average Bonchev–Trinajstić information content (AvgIpc) is 2.78. The van der Waals surface area contributed by atoms with Gasteiger partial charge < -0.3 is 9.84 Å². The third-order valence-corrected chi connectivity index (χ3v) is 4.29. The zero-order chi connectivity index (χ0) is 23.1. The Labute approximate surface area is 180 Å². The van der Waals surface area contributed by atoms with E-state index in [2.05, 4.69) is 10.5 Å². The van der Waals surface area contributed by atoms with Crippen molar-refractivity contribution in [3.8, 4) is 11.5 Å². The molecule has 0 aliphatic carbocycles. The fourth-order valence-corrected chi connectivity index (χ4v) is 2.68. The van der Waals surface area contributed by atoms with Crippen molar-refractivity contribution in [2.24, 2.45) is 5.10 Å². The van der Waals surface area contributed by atoms with Gasteiger partial charge in [-0.1, -0.05) is 18.2 Å². The number of carbonyl (C=O) groups is 1. The summed E-state index contributed by atoms with van der Waals surface area (Å²) in [6, 6.07) is 16.3. The Hall–Kier alpha value is -4.80. The summed E-state index contributed by atoms with van der Waals surface area (Å²) in [6.45, 7) is 0.150. The van der Waals surface area contributed by atoms with Crippen LogP contribution in [0.3, 0.4) is 0 Å². The van der Waals surface area contributed by atoms with Crippen LogP contribution in [-0.4, -0.2) is 27.1 Å². The van der Waals surface area contributed by atoms with Crippen LogP contribution in [0.25, 0.3) is 0 Å². The zero-order valence-corrected chi connectivity index (χ0v) is 16.4. The maximum absolute atomic E-state index is 12.2. The number of hydrogen-bond donors (Lipinski definition) is 2. The van der Waals surface area contributed by atoms with E-state index in [1.54, 1.807) is 36.4 Å². The molecule has 1 amide bonds. The number of carbonyl (C=O) groups excluding carboxylic acids is 1. The van der Waals surface area contributed by atoms with Crippen molar-refractivity contribution in [2.75, 3.05) is 0 Å². The van der Waals surface area contributed by atoms with Gasteiger partial charge in [0.15, 0.2) is 0 Å². The van der Waals surface area contributed by atoms with Crippen LogP contribution < -0.4 is 10.2 Å². The van der Waals surface area contributed by atoms with Gasteiger partial charge in [-0.05, 0) is 35.9 Å². The molecular weight excluding hydrogens is 420 g/mol. The molecule has 0 aliphatic rings. The van der Waals surface area contributed by atoms with E-state index in [0.717, 1.165) is 11.6 Å². The number of benzene rings is 3. The van der Waals surface area contributed by atoms with Crippen molar-refractivity contribution >= 4 is 23.5 Å². The van der Waals surface area contributed by atoms with Crippen LogP contribution in [0.15, 0.2) is 71.8 Å². The zero-order valence-electron chi connectivity index (χ0n) is 16.4. The van der Waals surface area contributed by atoms with Crippen LogP contribution in [0.4, 0.5) is 11.4 Å². The summed E-state index contributed by atoms with van der Waals surface area (Å²) in [4.78, 5) is 32.5. The Bertz CT molecular complexity index is 1190. The summed E-state index contributed by atoms with van der Waals surface area (Å²) in [5.74, 6) is -1.13. The molecule has 11 nitrogen and oxygen atoms in total. The Morgan fingerprint density at radius 1 is 1.00 bits per heavy atom. The predicted molar refractivity (Wildman–Crippen MR) is 114 cm³/mol. The normalized spacial score (nSPS) is 10.6. The molecule has 2 N–H and O–H groups in total. The molecule has 0 heterocycles. The molecule has 3 rings (SSSR count). The van der Waals surface area contributed by atoms with E-state index in [-0.39, 0.29) is 17.9 Å². The number of non-ortho nitro benzene ring substituents is 1. The van der Waals surface area contributed by atoms with Gasteiger partial charge in [0.25, 0.3) is 11.6 Å². The lowest BCUT2D eigenvalue weighted by atomic mass is 10.1. The number of ether oxygens (including phenoxy) is 1. The molecule has 0 saturated heterocycles. The fraction of sp³-hybridized carbons (Fsp3) is 0.0476. The molecule has 162 valence electrons. The van der Waals surface area contributed by atoms with Crippen molar-refractivity contribution < 1.29 is 24.5 Å². The number of para-hydroxylation sites is 2. The Morgan fingerprint density at radius 2 is 1.72 bits per heavy atom. The molecule has 11 heteroatoms. The molecule has 0 aliphatic heterocycles. The van der Waals surface area contributed by atoms with Gasteiger partial charge in [0.2, 0.25) is 5.75 Å². The maximum atomic E-state index is 12.2. The highest BCUT2D eigenvalue weighted by molar-refractivity contribution is 5.98. The van der Waals surface area contributed by atoms with Gasteiger partial charge in [0.05, 0.1) is 21.6 Å². The van der Waals surface area contributed by atoms with Crippen LogP contribution in [0.2, 0.25) is 0 Å². The van der Waals surface area contributed by atoms with Gasteiger partial charge >= 0.3 is 5.69 Å². The van der Waals surface area contributed by atoms with Gasteiger partial charge in [-0.15, -0.1) is 0 Å². The molecule has 0 atom stereocenters. The molecule has 3 aromatic rings. The minimum Gasteiger partial charge on any atom is -0.502 e. The number of hydrogen-bond acceptors (Lipinski definition) is 8. The smallest absolute Gasteiger partial charge is 0.311 e. The lowest BCUT2D eigenvalue weighted by Gasteiger charge is -2.09. The van der Waals surface area contributed by atoms with Crippen molar-refractivity contribution in [3.63, 3.8) is 0 Å². The molecule has 3 aromatic carbocycles. The number of phenolic OH excluding ortho intramolecular Hbond substituents is 1. The molecule has 0 fully saturated rings. The average molecular weight is 436 g/mol. The lowest BCUT2D eigenvalue weighted by Crippen LogP contribution is -2.18. The number of aromatic hydroxyl groups is 1. The first-order valence-electron chi connectivity index (χ1n) is 9.11. The van der Waals surface area contributed by atoms with Crippen LogP contribution in [0, 0.1) is 20.2 Å². The first-order chi connectivity index (χ1) is 15.4. The lowest BCUT2D eigenvalue weighted by molar-refractivity contribution is -0.385. The topological polar surface area (TPSA) is 157 Å². The molecular formula is C21H16N4O7. The number of amides is 1. The molecule has 0 aromatic heterocycles. The van der Waals surface area contributed by atoms with Crippen molar-refractivity contribution in [2.45, 2.75) is 6.61 Å². The van der Waals surface area contributed by atoms with Crippen molar-refractivity contribution in [1.82, 2.24) is 5.43 Å². The van der Waals surface area contributed by atoms with E-state index in [4.69, 9.17) is 4.74 Å². The molecule has 0 bridgehead atoms. The van der Waals surface area contributed by atoms with E-state index >= 15 is 0 Å². The number of hydrazone groups is 1. The second-order valence-corrected chi connectivity index (χ2v) is 6.38. The Balaban J connectivity index is 1.67. The summed E-state index contributed by atoms with van der Waals surface area (Å²) in [6.07, 6.45) is 1.32. The molecule has 0 radical (unpaired) electrons. The summed E-state index contributed by atoms with van der Waals surface area (Å²) in [5.41, 5.74) is 2.54.